The van der Waals surface area contributed by atoms with Crippen LogP contribution in [0.3, 0.4) is 0 Å². The van der Waals surface area contributed by atoms with Gasteiger partial charge < -0.3 is 9.64 Å². The molecule has 4 rings (SSSR count). The Morgan fingerprint density at radius 2 is 1.60 bits per heavy atom. The fraction of sp³-hybridized carbons (Fsp3) is 0.269. The van der Waals surface area contributed by atoms with E-state index in [-0.39, 0.29) is 0 Å². The summed E-state index contributed by atoms with van der Waals surface area (Å²) in [4.78, 5) is 15.3. The van der Waals surface area contributed by atoms with E-state index in [1.54, 1.807) is 0 Å². The minimum atomic E-state index is -0.894. The molecule has 4 heteroatoms. The standard InChI is InChI=1S/C26H28N2O2/c1-19-17-24-20(11-10-16-28(24)3)18-23(19)27-25(29)30-26(2,21-12-6-4-7-13-21)22-14-8-5-9-15-22/h4-9,12-15,17-18H,10-11,16H2,1-3H3,(H,27,29). The van der Waals surface area contributed by atoms with E-state index in [1.165, 1.54) is 11.3 Å². The highest BCUT2D eigenvalue weighted by atomic mass is 16.6. The van der Waals surface area contributed by atoms with Crippen molar-refractivity contribution in [1.82, 2.24) is 0 Å². The topological polar surface area (TPSA) is 41.6 Å². The molecule has 0 aliphatic carbocycles. The molecule has 0 saturated heterocycles. The van der Waals surface area contributed by atoms with Gasteiger partial charge in [-0.15, -0.1) is 0 Å². The lowest BCUT2D eigenvalue weighted by Crippen LogP contribution is -2.33. The van der Waals surface area contributed by atoms with Crippen molar-refractivity contribution in [3.63, 3.8) is 0 Å². The Bertz CT molecular complexity index is 992. The Morgan fingerprint density at radius 1 is 1.00 bits per heavy atom. The number of amides is 1. The Balaban J connectivity index is 1.62. The molecule has 0 atom stereocenters. The predicted molar refractivity (Wildman–Crippen MR) is 122 cm³/mol. The van der Waals surface area contributed by atoms with Gasteiger partial charge in [-0.3, -0.25) is 5.32 Å². The van der Waals surface area contributed by atoms with Crippen LogP contribution in [0, 0.1) is 6.92 Å². The van der Waals surface area contributed by atoms with Crippen LogP contribution in [-0.2, 0) is 16.8 Å². The maximum atomic E-state index is 13.0. The van der Waals surface area contributed by atoms with E-state index in [9.17, 15) is 4.79 Å². The summed E-state index contributed by atoms with van der Waals surface area (Å²) >= 11 is 0. The van der Waals surface area contributed by atoms with Gasteiger partial charge in [-0.25, -0.2) is 4.79 Å². The van der Waals surface area contributed by atoms with Gasteiger partial charge in [0.15, 0.2) is 5.60 Å². The first kappa shape index (κ1) is 20.0. The van der Waals surface area contributed by atoms with E-state index in [1.807, 2.05) is 74.5 Å². The maximum Gasteiger partial charge on any atom is 0.412 e. The number of hydrogen-bond donors (Lipinski definition) is 1. The van der Waals surface area contributed by atoms with Crippen molar-refractivity contribution >= 4 is 17.5 Å². The van der Waals surface area contributed by atoms with E-state index in [0.29, 0.717) is 0 Å². The molecule has 1 aliphatic rings. The SMILES string of the molecule is Cc1cc2c(cc1NC(=O)OC(C)(c1ccccc1)c1ccccc1)CCCN2C. The van der Waals surface area contributed by atoms with E-state index in [2.05, 4.69) is 29.4 Å². The third-order valence-electron chi connectivity index (χ3n) is 5.96. The maximum absolute atomic E-state index is 13.0. The number of hydrogen-bond acceptors (Lipinski definition) is 3. The van der Waals surface area contributed by atoms with Crippen LogP contribution in [-0.4, -0.2) is 19.7 Å². The normalized spacial score (nSPS) is 13.5. The smallest absolute Gasteiger partial charge is 0.412 e. The second-order valence-electron chi connectivity index (χ2n) is 8.10. The van der Waals surface area contributed by atoms with Gasteiger partial charge in [-0.1, -0.05) is 60.7 Å². The Kier molecular flexibility index (Phi) is 5.49. The lowest BCUT2D eigenvalue weighted by atomic mass is 9.88. The minimum Gasteiger partial charge on any atom is -0.433 e. The highest BCUT2D eigenvalue weighted by Crippen LogP contribution is 2.35. The van der Waals surface area contributed by atoms with E-state index >= 15 is 0 Å². The van der Waals surface area contributed by atoms with Crippen LogP contribution < -0.4 is 10.2 Å². The first-order valence-electron chi connectivity index (χ1n) is 10.4. The number of fused-ring (bicyclic) bond motifs is 1. The number of rotatable bonds is 4. The lowest BCUT2D eigenvalue weighted by Gasteiger charge is -2.31. The van der Waals surface area contributed by atoms with Crippen molar-refractivity contribution < 1.29 is 9.53 Å². The number of carbonyl (C=O) groups is 1. The van der Waals surface area contributed by atoms with Crippen LogP contribution in [0.4, 0.5) is 16.2 Å². The van der Waals surface area contributed by atoms with E-state index in [0.717, 1.165) is 41.8 Å². The number of nitrogens with zero attached hydrogens (tertiary/aromatic N) is 1. The molecule has 0 aromatic heterocycles. The van der Waals surface area contributed by atoms with Crippen molar-refractivity contribution in [3.05, 3.63) is 95.1 Å². The summed E-state index contributed by atoms with van der Waals surface area (Å²) in [6, 6.07) is 23.9. The van der Waals surface area contributed by atoms with Gasteiger partial charge in [-0.05, 0) is 61.1 Å². The van der Waals surface area contributed by atoms with Crippen molar-refractivity contribution in [3.8, 4) is 0 Å². The molecular weight excluding hydrogens is 372 g/mol. The molecular formula is C26H28N2O2. The highest BCUT2D eigenvalue weighted by Gasteiger charge is 2.33. The molecule has 3 aromatic carbocycles. The van der Waals surface area contributed by atoms with Crippen LogP contribution >= 0.6 is 0 Å². The van der Waals surface area contributed by atoms with E-state index < -0.39 is 11.7 Å². The van der Waals surface area contributed by atoms with Gasteiger partial charge >= 0.3 is 6.09 Å². The number of ether oxygens (including phenoxy) is 1. The fourth-order valence-electron chi connectivity index (χ4n) is 4.17. The monoisotopic (exact) mass is 400 g/mol. The second-order valence-corrected chi connectivity index (χ2v) is 8.10. The summed E-state index contributed by atoms with van der Waals surface area (Å²) in [7, 11) is 2.12. The summed E-state index contributed by atoms with van der Waals surface area (Å²) in [5.74, 6) is 0. The molecule has 154 valence electrons. The molecule has 1 heterocycles. The molecule has 4 nitrogen and oxygen atoms in total. The lowest BCUT2D eigenvalue weighted by molar-refractivity contribution is 0.0632. The molecule has 0 unspecified atom stereocenters. The van der Waals surface area contributed by atoms with Gasteiger partial charge in [0.25, 0.3) is 0 Å². The molecule has 0 spiro atoms. The van der Waals surface area contributed by atoms with Gasteiger partial charge in [0.1, 0.15) is 0 Å². The quantitative estimate of drug-likeness (QED) is 0.594. The molecule has 0 bridgehead atoms. The van der Waals surface area contributed by atoms with Crippen molar-refractivity contribution in [2.45, 2.75) is 32.3 Å². The number of aryl methyl sites for hydroxylation is 2. The fourth-order valence-corrected chi connectivity index (χ4v) is 4.17. The van der Waals surface area contributed by atoms with Crippen LogP contribution in [0.2, 0.25) is 0 Å². The molecule has 1 aliphatic heterocycles. The molecule has 30 heavy (non-hydrogen) atoms. The van der Waals surface area contributed by atoms with Crippen molar-refractivity contribution in [2.75, 3.05) is 23.8 Å². The van der Waals surface area contributed by atoms with Crippen molar-refractivity contribution in [1.29, 1.82) is 0 Å². The van der Waals surface area contributed by atoms with Crippen LogP contribution in [0.5, 0.6) is 0 Å². The molecule has 3 aromatic rings. The van der Waals surface area contributed by atoms with Crippen molar-refractivity contribution in [2.24, 2.45) is 0 Å². The molecule has 0 radical (unpaired) electrons. The molecule has 1 N–H and O–H groups in total. The summed E-state index contributed by atoms with van der Waals surface area (Å²) in [6.07, 6.45) is 1.68. The van der Waals surface area contributed by atoms with Crippen LogP contribution in [0.15, 0.2) is 72.8 Å². The molecule has 1 amide bonds. The number of anilines is 2. The van der Waals surface area contributed by atoms with Gasteiger partial charge in [-0.2, -0.15) is 0 Å². The number of carbonyl (C=O) groups excluding carboxylic acids is 1. The zero-order valence-corrected chi connectivity index (χ0v) is 17.8. The zero-order chi connectivity index (χ0) is 21.1. The summed E-state index contributed by atoms with van der Waals surface area (Å²) < 4.78 is 6.07. The largest absolute Gasteiger partial charge is 0.433 e. The summed E-state index contributed by atoms with van der Waals surface area (Å²) in [5.41, 5.74) is 5.30. The zero-order valence-electron chi connectivity index (χ0n) is 17.8. The average molecular weight is 401 g/mol. The van der Waals surface area contributed by atoms with Gasteiger partial charge in [0.2, 0.25) is 0 Å². The molecule has 0 fully saturated rings. The van der Waals surface area contributed by atoms with Gasteiger partial charge in [0, 0.05) is 25.0 Å². The Labute approximate surface area is 178 Å². The predicted octanol–water partition coefficient (Wildman–Crippen LogP) is 5.89. The summed E-state index contributed by atoms with van der Waals surface area (Å²) in [6.45, 7) is 5.02. The highest BCUT2D eigenvalue weighted by molar-refractivity contribution is 5.87. The first-order chi connectivity index (χ1) is 14.5. The van der Waals surface area contributed by atoms with Crippen LogP contribution in [0.1, 0.15) is 35.6 Å². The number of benzene rings is 3. The average Bonchev–Trinajstić information content (AvgIpc) is 2.76. The van der Waals surface area contributed by atoms with E-state index in [4.69, 9.17) is 4.74 Å². The Hall–Kier alpha value is -3.27. The third kappa shape index (κ3) is 3.90. The third-order valence-corrected chi connectivity index (χ3v) is 5.96. The van der Waals surface area contributed by atoms with Gasteiger partial charge in [0.05, 0.1) is 0 Å². The first-order valence-corrected chi connectivity index (χ1v) is 10.4. The van der Waals surface area contributed by atoms with Crippen LogP contribution in [0.25, 0.3) is 0 Å². The summed E-state index contributed by atoms with van der Waals surface area (Å²) in [5, 5.41) is 2.99. The minimum absolute atomic E-state index is 0.461. The number of nitrogens with one attached hydrogen (secondary N) is 1. The second kappa shape index (κ2) is 8.23. The Morgan fingerprint density at radius 3 is 2.20 bits per heavy atom. The molecule has 0 saturated carbocycles.